The summed E-state index contributed by atoms with van der Waals surface area (Å²) in [6.45, 7) is 5.25. The highest BCUT2D eigenvalue weighted by molar-refractivity contribution is 7.14. The summed E-state index contributed by atoms with van der Waals surface area (Å²) < 4.78 is 10.3. The van der Waals surface area contributed by atoms with Gasteiger partial charge in [0.15, 0.2) is 5.13 Å². The Labute approximate surface area is 145 Å². The normalized spacial score (nSPS) is 15.0. The zero-order chi connectivity index (χ0) is 16.9. The van der Waals surface area contributed by atoms with Crippen molar-refractivity contribution in [3.8, 4) is 11.3 Å². The summed E-state index contributed by atoms with van der Waals surface area (Å²) in [5, 5.41) is 5.20. The molecular weight excluding hydrogens is 324 g/mol. The lowest BCUT2D eigenvalue weighted by atomic mass is 9.97. The van der Waals surface area contributed by atoms with Gasteiger partial charge >= 0.3 is 0 Å². The standard InChI is InChI=1S/C18H20N2O3S/c1-3-12(2)13-4-6-14(7-5-13)15-11-24-18(19-15)20-17(21)16-10-22-8-9-23-16/h4-7,10-12H,3,8-9H2,1-2H3,(H,19,20,21). The number of aromatic nitrogens is 1. The van der Waals surface area contributed by atoms with Gasteiger partial charge in [-0.2, -0.15) is 0 Å². The monoisotopic (exact) mass is 344 g/mol. The number of hydrogen-bond donors (Lipinski definition) is 1. The second kappa shape index (κ2) is 7.49. The van der Waals surface area contributed by atoms with Crippen LogP contribution in [-0.2, 0) is 14.3 Å². The summed E-state index contributed by atoms with van der Waals surface area (Å²) >= 11 is 1.39. The van der Waals surface area contributed by atoms with Crippen LogP contribution in [0.5, 0.6) is 0 Å². The lowest BCUT2D eigenvalue weighted by Crippen LogP contribution is -2.21. The predicted molar refractivity (Wildman–Crippen MR) is 94.9 cm³/mol. The number of ether oxygens (including phenoxy) is 2. The van der Waals surface area contributed by atoms with Crippen molar-refractivity contribution in [2.75, 3.05) is 18.5 Å². The molecule has 0 saturated carbocycles. The van der Waals surface area contributed by atoms with E-state index < -0.39 is 0 Å². The topological polar surface area (TPSA) is 60.5 Å². The quantitative estimate of drug-likeness (QED) is 0.885. The van der Waals surface area contributed by atoms with Crippen LogP contribution in [0.3, 0.4) is 0 Å². The van der Waals surface area contributed by atoms with Crippen molar-refractivity contribution in [1.29, 1.82) is 0 Å². The molecular formula is C18H20N2O3S. The maximum absolute atomic E-state index is 12.0. The molecule has 1 aromatic carbocycles. The third kappa shape index (κ3) is 3.76. The van der Waals surface area contributed by atoms with Crippen LogP contribution in [0.4, 0.5) is 5.13 Å². The van der Waals surface area contributed by atoms with Gasteiger partial charge in [0, 0.05) is 10.9 Å². The highest BCUT2D eigenvalue weighted by Gasteiger charge is 2.17. The Morgan fingerprint density at radius 3 is 2.79 bits per heavy atom. The first-order valence-corrected chi connectivity index (χ1v) is 8.87. The number of anilines is 1. The SMILES string of the molecule is CCC(C)c1ccc(-c2csc(NC(=O)C3=COCCO3)n2)cc1. The van der Waals surface area contributed by atoms with E-state index in [4.69, 9.17) is 9.47 Å². The fourth-order valence-electron chi connectivity index (χ4n) is 2.33. The van der Waals surface area contributed by atoms with Crippen molar-refractivity contribution >= 4 is 22.4 Å². The second-order valence-corrected chi connectivity index (χ2v) is 6.48. The first kappa shape index (κ1) is 16.5. The van der Waals surface area contributed by atoms with Gasteiger partial charge in [-0.3, -0.25) is 10.1 Å². The van der Waals surface area contributed by atoms with E-state index in [2.05, 4.69) is 48.4 Å². The molecule has 1 atom stereocenters. The van der Waals surface area contributed by atoms with Crippen molar-refractivity contribution in [3.05, 3.63) is 47.2 Å². The molecule has 6 heteroatoms. The summed E-state index contributed by atoms with van der Waals surface area (Å²) in [5.41, 5.74) is 3.21. The molecule has 3 rings (SSSR count). The number of nitrogens with one attached hydrogen (secondary N) is 1. The van der Waals surface area contributed by atoms with Crippen molar-refractivity contribution in [2.45, 2.75) is 26.2 Å². The van der Waals surface area contributed by atoms with E-state index >= 15 is 0 Å². The lowest BCUT2D eigenvalue weighted by molar-refractivity contribution is -0.117. The summed E-state index contributed by atoms with van der Waals surface area (Å²) in [7, 11) is 0. The van der Waals surface area contributed by atoms with Crippen molar-refractivity contribution in [2.24, 2.45) is 0 Å². The second-order valence-electron chi connectivity index (χ2n) is 5.62. The highest BCUT2D eigenvalue weighted by Crippen LogP contribution is 2.27. The molecule has 0 spiro atoms. The maximum Gasteiger partial charge on any atom is 0.295 e. The molecule has 1 unspecified atom stereocenters. The summed E-state index contributed by atoms with van der Waals surface area (Å²) in [6, 6.07) is 8.42. The minimum absolute atomic E-state index is 0.177. The predicted octanol–water partition coefficient (Wildman–Crippen LogP) is 4.15. The minimum Gasteiger partial charge on any atom is -0.494 e. The highest BCUT2D eigenvalue weighted by atomic mass is 32.1. The molecule has 1 aromatic heterocycles. The number of rotatable bonds is 5. The Balaban J connectivity index is 1.69. The van der Waals surface area contributed by atoms with Gasteiger partial charge in [0.05, 0.1) is 5.69 Å². The van der Waals surface area contributed by atoms with Crippen LogP contribution in [0.15, 0.2) is 41.7 Å². The van der Waals surface area contributed by atoms with Crippen molar-refractivity contribution < 1.29 is 14.3 Å². The molecule has 1 aliphatic rings. The van der Waals surface area contributed by atoms with Crippen LogP contribution in [0, 0.1) is 0 Å². The first-order chi connectivity index (χ1) is 11.7. The summed E-state index contributed by atoms with van der Waals surface area (Å²) in [6.07, 6.45) is 2.45. The third-order valence-electron chi connectivity index (χ3n) is 3.99. The summed E-state index contributed by atoms with van der Waals surface area (Å²) in [5.74, 6) is 0.383. The number of hydrogen-bond acceptors (Lipinski definition) is 5. The van der Waals surface area contributed by atoms with Crippen LogP contribution in [-0.4, -0.2) is 24.1 Å². The Kier molecular flexibility index (Phi) is 5.15. The van der Waals surface area contributed by atoms with Crippen molar-refractivity contribution in [1.82, 2.24) is 4.98 Å². The van der Waals surface area contributed by atoms with Gasteiger partial charge in [-0.15, -0.1) is 11.3 Å². The Hall–Kier alpha value is -2.34. The Bertz CT molecular complexity index is 737. The molecule has 1 N–H and O–H groups in total. The molecule has 126 valence electrons. The molecule has 0 radical (unpaired) electrons. The van der Waals surface area contributed by atoms with Gasteiger partial charge in [-0.25, -0.2) is 4.98 Å². The van der Waals surface area contributed by atoms with E-state index in [0.29, 0.717) is 24.3 Å². The Morgan fingerprint density at radius 1 is 1.33 bits per heavy atom. The molecule has 2 heterocycles. The van der Waals surface area contributed by atoms with E-state index in [-0.39, 0.29) is 11.7 Å². The van der Waals surface area contributed by atoms with Gasteiger partial charge in [-0.1, -0.05) is 38.1 Å². The van der Waals surface area contributed by atoms with Crippen LogP contribution in [0.1, 0.15) is 31.7 Å². The van der Waals surface area contributed by atoms with Crippen LogP contribution in [0.2, 0.25) is 0 Å². The van der Waals surface area contributed by atoms with Crippen LogP contribution >= 0.6 is 11.3 Å². The number of thiazole rings is 1. The smallest absolute Gasteiger partial charge is 0.295 e. The number of carbonyl (C=O) groups excluding carboxylic acids is 1. The van der Waals surface area contributed by atoms with Gasteiger partial charge in [0.2, 0.25) is 5.76 Å². The van der Waals surface area contributed by atoms with Crippen LogP contribution in [0.25, 0.3) is 11.3 Å². The molecule has 1 aliphatic heterocycles. The fourth-order valence-corrected chi connectivity index (χ4v) is 3.04. The summed E-state index contributed by atoms with van der Waals surface area (Å²) in [4.78, 5) is 16.5. The molecule has 0 fully saturated rings. The fraction of sp³-hybridized carbons (Fsp3) is 0.333. The molecule has 0 bridgehead atoms. The largest absolute Gasteiger partial charge is 0.494 e. The maximum atomic E-state index is 12.0. The average molecular weight is 344 g/mol. The number of nitrogens with zero attached hydrogens (tertiary/aromatic N) is 1. The Morgan fingerprint density at radius 2 is 2.12 bits per heavy atom. The third-order valence-corrected chi connectivity index (χ3v) is 4.74. The van der Waals surface area contributed by atoms with Gasteiger partial charge in [-0.05, 0) is 17.9 Å². The molecule has 5 nitrogen and oxygen atoms in total. The van der Waals surface area contributed by atoms with Gasteiger partial charge in [0.25, 0.3) is 5.91 Å². The lowest BCUT2D eigenvalue weighted by Gasteiger charge is -2.14. The van der Waals surface area contributed by atoms with E-state index in [9.17, 15) is 4.79 Å². The van der Waals surface area contributed by atoms with E-state index in [1.54, 1.807) is 0 Å². The van der Waals surface area contributed by atoms with Crippen LogP contribution < -0.4 is 5.32 Å². The van der Waals surface area contributed by atoms with Gasteiger partial charge < -0.3 is 9.47 Å². The first-order valence-electron chi connectivity index (χ1n) is 7.99. The molecule has 0 aliphatic carbocycles. The van der Waals surface area contributed by atoms with E-state index in [0.717, 1.165) is 17.7 Å². The van der Waals surface area contributed by atoms with Crippen molar-refractivity contribution in [3.63, 3.8) is 0 Å². The van der Waals surface area contributed by atoms with E-state index in [1.807, 2.05) is 5.38 Å². The number of benzene rings is 1. The number of amides is 1. The number of carbonyl (C=O) groups is 1. The molecule has 0 saturated heterocycles. The zero-order valence-electron chi connectivity index (χ0n) is 13.7. The molecule has 1 amide bonds. The molecule has 2 aromatic rings. The van der Waals surface area contributed by atoms with E-state index in [1.165, 1.54) is 23.2 Å². The zero-order valence-corrected chi connectivity index (χ0v) is 14.6. The average Bonchev–Trinajstić information content (AvgIpc) is 3.10. The van der Waals surface area contributed by atoms with Gasteiger partial charge in [0.1, 0.15) is 19.5 Å². The minimum atomic E-state index is -0.345. The molecule has 24 heavy (non-hydrogen) atoms.